The van der Waals surface area contributed by atoms with Gasteiger partial charge in [0.1, 0.15) is 23.8 Å². The van der Waals surface area contributed by atoms with Crippen molar-refractivity contribution in [3.63, 3.8) is 0 Å². The molecule has 0 bridgehead atoms. The Morgan fingerprint density at radius 2 is 2.19 bits per heavy atom. The van der Waals surface area contributed by atoms with Crippen molar-refractivity contribution < 1.29 is 13.9 Å². The van der Waals surface area contributed by atoms with E-state index in [1.807, 2.05) is 11.9 Å². The highest BCUT2D eigenvalue weighted by Crippen LogP contribution is 2.34. The Labute approximate surface area is 120 Å². The molecule has 112 valence electrons. The average Bonchev–Trinajstić information content (AvgIpc) is 3.00. The maximum absolute atomic E-state index is 14.0. The van der Waals surface area contributed by atoms with Crippen LogP contribution in [-0.4, -0.2) is 37.4 Å². The molecule has 0 saturated carbocycles. The lowest BCUT2D eigenvalue weighted by atomic mass is 10.0. The van der Waals surface area contributed by atoms with Gasteiger partial charge < -0.3 is 9.67 Å². The average molecular weight is 294 g/mol. The van der Waals surface area contributed by atoms with Gasteiger partial charge in [0.25, 0.3) is 0 Å². The lowest BCUT2D eigenvalue weighted by molar-refractivity contribution is 0.170. The molecule has 0 amide bonds. The molecule has 2 heterocycles. The number of aliphatic hydroxyl groups excluding tert-OH is 1. The van der Waals surface area contributed by atoms with Crippen LogP contribution in [0.3, 0.4) is 0 Å². The van der Waals surface area contributed by atoms with Crippen LogP contribution < -0.4 is 0 Å². The number of β-amino-alcohol motifs (C(OH)–C–C–N with tert-alkyl or cyclic N) is 1. The van der Waals surface area contributed by atoms with E-state index in [0.29, 0.717) is 25.3 Å². The summed E-state index contributed by atoms with van der Waals surface area (Å²) in [5.74, 6) is -0.226. The summed E-state index contributed by atoms with van der Waals surface area (Å²) >= 11 is 0. The zero-order chi connectivity index (χ0) is 15.0. The smallest absolute Gasteiger partial charge is 0.146 e. The number of aliphatic hydroxyl groups is 1. The van der Waals surface area contributed by atoms with Crippen molar-refractivity contribution in [3.05, 3.63) is 47.5 Å². The van der Waals surface area contributed by atoms with Gasteiger partial charge in [0.15, 0.2) is 0 Å². The molecule has 2 atom stereocenters. The maximum atomic E-state index is 14.0. The molecule has 0 aliphatic carbocycles. The van der Waals surface area contributed by atoms with Crippen molar-refractivity contribution >= 4 is 0 Å². The second-order valence-corrected chi connectivity index (χ2v) is 5.36. The molecule has 1 aliphatic rings. The van der Waals surface area contributed by atoms with Gasteiger partial charge in [0.05, 0.1) is 12.6 Å². The van der Waals surface area contributed by atoms with E-state index in [1.165, 1.54) is 6.07 Å². The molecular weight excluding hydrogens is 278 g/mol. The Balaban J connectivity index is 1.89. The van der Waals surface area contributed by atoms with Crippen LogP contribution in [0, 0.1) is 11.6 Å². The van der Waals surface area contributed by atoms with Gasteiger partial charge in [-0.25, -0.2) is 8.78 Å². The minimum Gasteiger partial charge on any atom is -0.392 e. The first-order chi connectivity index (χ1) is 10.0. The first-order valence-corrected chi connectivity index (χ1v) is 6.74. The number of aryl methyl sites for hydroxylation is 1. The van der Waals surface area contributed by atoms with Crippen molar-refractivity contribution in [3.8, 4) is 0 Å². The fourth-order valence-electron chi connectivity index (χ4n) is 2.78. The summed E-state index contributed by atoms with van der Waals surface area (Å²) in [6.07, 6.45) is 1.39. The molecule has 1 aliphatic heterocycles. The third-order valence-electron chi connectivity index (χ3n) is 3.85. The van der Waals surface area contributed by atoms with Gasteiger partial charge in [-0.05, 0) is 24.6 Å². The van der Waals surface area contributed by atoms with Gasteiger partial charge in [-0.1, -0.05) is 0 Å². The predicted molar refractivity (Wildman–Crippen MR) is 71.1 cm³/mol. The first-order valence-electron chi connectivity index (χ1n) is 6.74. The molecular formula is C14H16F2N4O. The number of rotatable bonds is 3. The number of halogens is 2. The molecule has 1 fully saturated rings. The fourth-order valence-corrected chi connectivity index (χ4v) is 2.78. The first kappa shape index (κ1) is 14.1. The molecule has 1 aromatic carbocycles. The van der Waals surface area contributed by atoms with Gasteiger partial charge in [-0.2, -0.15) is 0 Å². The molecule has 1 aromatic heterocycles. The molecule has 21 heavy (non-hydrogen) atoms. The standard InChI is InChI=1S/C14H16F2N4O/c1-19-8-17-18-14(19)7-20-6-10(21)5-13(20)11-4-9(15)2-3-12(11)16/h2-4,8,10,13,21H,5-7H2,1H3/t10-,13+/m1/s1. The van der Waals surface area contributed by atoms with Crippen LogP contribution in [-0.2, 0) is 13.6 Å². The molecule has 3 rings (SSSR count). The van der Waals surface area contributed by atoms with Gasteiger partial charge in [0, 0.05) is 25.2 Å². The maximum Gasteiger partial charge on any atom is 0.146 e. The molecule has 0 spiro atoms. The van der Waals surface area contributed by atoms with Crippen molar-refractivity contribution in [1.29, 1.82) is 0 Å². The third-order valence-corrected chi connectivity index (χ3v) is 3.85. The number of benzene rings is 1. The highest BCUT2D eigenvalue weighted by Gasteiger charge is 2.34. The molecule has 1 saturated heterocycles. The quantitative estimate of drug-likeness (QED) is 0.930. The van der Waals surface area contributed by atoms with Crippen LogP contribution in [0.15, 0.2) is 24.5 Å². The largest absolute Gasteiger partial charge is 0.392 e. The summed E-state index contributed by atoms with van der Waals surface area (Å²) in [4.78, 5) is 1.90. The predicted octanol–water partition coefficient (Wildman–Crippen LogP) is 1.40. The van der Waals surface area contributed by atoms with Gasteiger partial charge >= 0.3 is 0 Å². The summed E-state index contributed by atoms with van der Waals surface area (Å²) in [5, 5.41) is 17.7. The highest BCUT2D eigenvalue weighted by atomic mass is 19.1. The Morgan fingerprint density at radius 3 is 2.90 bits per heavy atom. The Hall–Kier alpha value is -1.86. The van der Waals surface area contributed by atoms with Crippen LogP contribution in [0.5, 0.6) is 0 Å². The van der Waals surface area contributed by atoms with Gasteiger partial charge in [0.2, 0.25) is 0 Å². The normalized spacial score (nSPS) is 22.9. The number of hydrogen-bond donors (Lipinski definition) is 1. The summed E-state index contributed by atoms with van der Waals surface area (Å²) in [6, 6.07) is 3.04. The van der Waals surface area contributed by atoms with Crippen LogP contribution in [0.1, 0.15) is 23.9 Å². The van der Waals surface area contributed by atoms with E-state index in [4.69, 9.17) is 0 Å². The molecule has 1 N–H and O–H groups in total. The molecule has 5 nitrogen and oxygen atoms in total. The Bertz CT molecular complexity index is 646. The minimum absolute atomic E-state index is 0.272. The monoisotopic (exact) mass is 294 g/mol. The van der Waals surface area contributed by atoms with Crippen LogP contribution in [0.25, 0.3) is 0 Å². The minimum atomic E-state index is -0.564. The zero-order valence-electron chi connectivity index (χ0n) is 11.6. The lowest BCUT2D eigenvalue weighted by Crippen LogP contribution is -2.26. The lowest BCUT2D eigenvalue weighted by Gasteiger charge is -2.24. The van der Waals surface area contributed by atoms with E-state index < -0.39 is 17.7 Å². The van der Waals surface area contributed by atoms with E-state index in [2.05, 4.69) is 10.2 Å². The fraction of sp³-hybridized carbons (Fsp3) is 0.429. The van der Waals surface area contributed by atoms with Crippen molar-refractivity contribution in [2.24, 2.45) is 7.05 Å². The number of nitrogens with zero attached hydrogens (tertiary/aromatic N) is 4. The van der Waals surface area contributed by atoms with Crippen LogP contribution in [0.4, 0.5) is 8.78 Å². The second kappa shape index (κ2) is 5.50. The summed E-state index contributed by atoms with van der Waals surface area (Å²) < 4.78 is 29.1. The summed E-state index contributed by atoms with van der Waals surface area (Å²) in [5.41, 5.74) is 0.272. The van der Waals surface area contributed by atoms with Crippen LogP contribution in [0.2, 0.25) is 0 Å². The van der Waals surface area contributed by atoms with Crippen molar-refractivity contribution in [1.82, 2.24) is 19.7 Å². The number of aromatic nitrogens is 3. The Morgan fingerprint density at radius 1 is 1.38 bits per heavy atom. The van der Waals surface area contributed by atoms with E-state index in [9.17, 15) is 13.9 Å². The molecule has 7 heteroatoms. The highest BCUT2D eigenvalue weighted by molar-refractivity contribution is 5.24. The second-order valence-electron chi connectivity index (χ2n) is 5.36. The van der Waals surface area contributed by atoms with Gasteiger partial charge in [-0.15, -0.1) is 10.2 Å². The molecule has 2 aromatic rings. The number of hydrogen-bond acceptors (Lipinski definition) is 4. The van der Waals surface area contributed by atoms with E-state index in [-0.39, 0.29) is 11.6 Å². The van der Waals surface area contributed by atoms with E-state index >= 15 is 0 Å². The van der Waals surface area contributed by atoms with Crippen molar-refractivity contribution in [2.75, 3.05) is 6.54 Å². The van der Waals surface area contributed by atoms with E-state index in [0.717, 1.165) is 12.1 Å². The number of likely N-dealkylation sites (tertiary alicyclic amines) is 1. The SMILES string of the molecule is Cn1cnnc1CN1C[C@H](O)C[C@H]1c1cc(F)ccc1F. The van der Waals surface area contributed by atoms with Gasteiger partial charge in [-0.3, -0.25) is 4.90 Å². The van der Waals surface area contributed by atoms with Crippen LogP contribution >= 0.6 is 0 Å². The van der Waals surface area contributed by atoms with E-state index in [1.54, 1.807) is 10.9 Å². The zero-order valence-corrected chi connectivity index (χ0v) is 11.6. The Kier molecular flexibility index (Phi) is 3.69. The third kappa shape index (κ3) is 2.79. The van der Waals surface area contributed by atoms with Crippen molar-refractivity contribution in [2.45, 2.75) is 25.1 Å². The topological polar surface area (TPSA) is 54.2 Å². The molecule has 0 radical (unpaired) electrons. The summed E-state index contributed by atoms with van der Waals surface area (Å²) in [7, 11) is 1.82. The summed E-state index contributed by atoms with van der Waals surface area (Å²) in [6.45, 7) is 0.821. The molecule has 0 unspecified atom stereocenters.